The molecule has 2 N–H and O–H groups in total. The van der Waals surface area contributed by atoms with Crippen molar-refractivity contribution in [3.63, 3.8) is 0 Å². The van der Waals surface area contributed by atoms with E-state index in [4.69, 9.17) is 10.5 Å². The van der Waals surface area contributed by atoms with Crippen LogP contribution in [0.25, 0.3) is 0 Å². The van der Waals surface area contributed by atoms with E-state index in [1.807, 2.05) is 13.1 Å². The Morgan fingerprint density at radius 2 is 2.18 bits per heavy atom. The van der Waals surface area contributed by atoms with Crippen LogP contribution in [0.2, 0.25) is 0 Å². The standard InChI is InChI=1S/C13H21FN2O/c1-10-4-5-11(8-12(10)14)13(9-15)16(2)6-7-17-3/h4-5,8,13H,6-7,9,15H2,1-3H3. The van der Waals surface area contributed by atoms with E-state index < -0.39 is 0 Å². The summed E-state index contributed by atoms with van der Waals surface area (Å²) in [6, 6.07) is 5.31. The van der Waals surface area contributed by atoms with Gasteiger partial charge < -0.3 is 10.5 Å². The van der Waals surface area contributed by atoms with E-state index in [1.54, 1.807) is 26.2 Å². The van der Waals surface area contributed by atoms with Crippen LogP contribution in [0, 0.1) is 12.7 Å². The summed E-state index contributed by atoms with van der Waals surface area (Å²) in [4.78, 5) is 2.08. The van der Waals surface area contributed by atoms with E-state index in [0.717, 1.165) is 12.1 Å². The first-order chi connectivity index (χ1) is 8.10. The number of rotatable bonds is 6. The minimum absolute atomic E-state index is 0.0280. The Balaban J connectivity index is 2.81. The van der Waals surface area contributed by atoms with Gasteiger partial charge in [-0.2, -0.15) is 0 Å². The van der Waals surface area contributed by atoms with Gasteiger partial charge in [-0.1, -0.05) is 12.1 Å². The summed E-state index contributed by atoms with van der Waals surface area (Å²) < 4.78 is 18.5. The monoisotopic (exact) mass is 240 g/mol. The van der Waals surface area contributed by atoms with Crippen molar-refractivity contribution in [1.29, 1.82) is 0 Å². The van der Waals surface area contributed by atoms with Gasteiger partial charge in [0.1, 0.15) is 5.82 Å². The first-order valence-electron chi connectivity index (χ1n) is 5.75. The molecule has 0 aliphatic heterocycles. The lowest BCUT2D eigenvalue weighted by molar-refractivity contribution is 0.140. The fraction of sp³-hybridized carbons (Fsp3) is 0.538. The van der Waals surface area contributed by atoms with Gasteiger partial charge in [-0.15, -0.1) is 0 Å². The van der Waals surface area contributed by atoms with Gasteiger partial charge in [0.25, 0.3) is 0 Å². The topological polar surface area (TPSA) is 38.5 Å². The molecule has 0 radical (unpaired) electrons. The smallest absolute Gasteiger partial charge is 0.126 e. The van der Waals surface area contributed by atoms with Crippen molar-refractivity contribution in [1.82, 2.24) is 4.90 Å². The Kier molecular flexibility index (Phi) is 5.55. The molecule has 0 spiro atoms. The second kappa shape index (κ2) is 6.69. The normalized spacial score (nSPS) is 13.1. The number of aryl methyl sites for hydroxylation is 1. The Morgan fingerprint density at radius 3 is 2.71 bits per heavy atom. The minimum atomic E-state index is -0.180. The molecule has 0 aliphatic rings. The maximum Gasteiger partial charge on any atom is 0.126 e. The van der Waals surface area contributed by atoms with Crippen LogP contribution in [-0.2, 0) is 4.74 Å². The summed E-state index contributed by atoms with van der Waals surface area (Å²) in [5.41, 5.74) is 7.33. The molecule has 1 rings (SSSR count). The van der Waals surface area contributed by atoms with E-state index in [2.05, 4.69) is 4.90 Å². The number of ether oxygens (including phenoxy) is 1. The summed E-state index contributed by atoms with van der Waals surface area (Å²) in [5.74, 6) is -0.180. The van der Waals surface area contributed by atoms with Crippen molar-refractivity contribution in [3.8, 4) is 0 Å². The highest BCUT2D eigenvalue weighted by atomic mass is 19.1. The molecule has 1 unspecified atom stereocenters. The number of halogens is 1. The van der Waals surface area contributed by atoms with Gasteiger partial charge in [-0.25, -0.2) is 4.39 Å². The third-order valence-corrected chi connectivity index (χ3v) is 2.98. The van der Waals surface area contributed by atoms with E-state index in [0.29, 0.717) is 18.7 Å². The zero-order valence-corrected chi connectivity index (χ0v) is 10.7. The van der Waals surface area contributed by atoms with Crippen molar-refractivity contribution < 1.29 is 9.13 Å². The molecule has 1 aromatic rings. The lowest BCUT2D eigenvalue weighted by Crippen LogP contribution is -2.33. The number of methoxy groups -OCH3 is 1. The van der Waals surface area contributed by atoms with Crippen molar-refractivity contribution in [2.75, 3.05) is 33.9 Å². The predicted molar refractivity (Wildman–Crippen MR) is 67.4 cm³/mol. The molecular formula is C13H21FN2O. The average Bonchev–Trinajstić information content (AvgIpc) is 2.32. The van der Waals surface area contributed by atoms with Crippen LogP contribution >= 0.6 is 0 Å². The summed E-state index contributed by atoms with van der Waals surface area (Å²) in [6.07, 6.45) is 0. The largest absolute Gasteiger partial charge is 0.383 e. The van der Waals surface area contributed by atoms with Crippen molar-refractivity contribution >= 4 is 0 Å². The number of likely N-dealkylation sites (N-methyl/N-ethyl adjacent to an activating group) is 1. The maximum absolute atomic E-state index is 13.5. The van der Waals surface area contributed by atoms with Crippen molar-refractivity contribution in [3.05, 3.63) is 35.1 Å². The first kappa shape index (κ1) is 14.1. The van der Waals surface area contributed by atoms with Crippen LogP contribution in [0.15, 0.2) is 18.2 Å². The first-order valence-corrected chi connectivity index (χ1v) is 5.75. The molecule has 96 valence electrons. The molecule has 0 aromatic heterocycles. The lowest BCUT2D eigenvalue weighted by atomic mass is 10.0. The van der Waals surface area contributed by atoms with Crippen LogP contribution in [0.4, 0.5) is 4.39 Å². The average molecular weight is 240 g/mol. The van der Waals surface area contributed by atoms with Crippen molar-refractivity contribution in [2.45, 2.75) is 13.0 Å². The molecular weight excluding hydrogens is 219 g/mol. The van der Waals surface area contributed by atoms with Gasteiger partial charge in [-0.05, 0) is 31.2 Å². The van der Waals surface area contributed by atoms with Gasteiger partial charge in [0, 0.05) is 26.2 Å². The third-order valence-electron chi connectivity index (χ3n) is 2.98. The van der Waals surface area contributed by atoms with Gasteiger partial charge in [0.05, 0.1) is 6.61 Å². The van der Waals surface area contributed by atoms with Crippen LogP contribution < -0.4 is 5.73 Å². The zero-order valence-electron chi connectivity index (χ0n) is 10.7. The quantitative estimate of drug-likeness (QED) is 0.822. The number of nitrogens with two attached hydrogens (primary N) is 1. The zero-order chi connectivity index (χ0) is 12.8. The highest BCUT2D eigenvalue weighted by Crippen LogP contribution is 2.20. The number of benzene rings is 1. The van der Waals surface area contributed by atoms with Crippen LogP contribution in [-0.4, -0.2) is 38.8 Å². The summed E-state index contributed by atoms with van der Waals surface area (Å²) in [7, 11) is 3.63. The van der Waals surface area contributed by atoms with E-state index in [9.17, 15) is 4.39 Å². The Morgan fingerprint density at radius 1 is 1.47 bits per heavy atom. The molecule has 0 bridgehead atoms. The molecule has 0 heterocycles. The van der Waals surface area contributed by atoms with E-state index in [1.165, 1.54) is 0 Å². The molecule has 0 amide bonds. The minimum Gasteiger partial charge on any atom is -0.383 e. The van der Waals surface area contributed by atoms with Crippen LogP contribution in [0.3, 0.4) is 0 Å². The van der Waals surface area contributed by atoms with E-state index >= 15 is 0 Å². The Bertz CT molecular complexity index is 357. The maximum atomic E-state index is 13.5. The number of nitrogens with zero attached hydrogens (tertiary/aromatic N) is 1. The summed E-state index contributed by atoms with van der Waals surface area (Å²) in [6.45, 7) is 3.63. The summed E-state index contributed by atoms with van der Waals surface area (Å²) in [5, 5.41) is 0. The molecule has 1 atom stereocenters. The van der Waals surface area contributed by atoms with Gasteiger partial charge >= 0.3 is 0 Å². The highest BCUT2D eigenvalue weighted by Gasteiger charge is 2.16. The molecule has 3 nitrogen and oxygen atoms in total. The predicted octanol–water partition coefficient (Wildman–Crippen LogP) is 1.71. The fourth-order valence-corrected chi connectivity index (χ4v) is 1.78. The van der Waals surface area contributed by atoms with Crippen molar-refractivity contribution in [2.24, 2.45) is 5.73 Å². The number of hydrogen-bond donors (Lipinski definition) is 1. The van der Waals surface area contributed by atoms with Crippen LogP contribution in [0.5, 0.6) is 0 Å². The molecule has 4 heteroatoms. The SMILES string of the molecule is COCCN(C)C(CN)c1ccc(C)c(F)c1. The lowest BCUT2D eigenvalue weighted by Gasteiger charge is -2.27. The molecule has 0 fully saturated rings. The molecule has 0 aliphatic carbocycles. The molecule has 0 saturated heterocycles. The van der Waals surface area contributed by atoms with Gasteiger partial charge in [0.2, 0.25) is 0 Å². The Hall–Kier alpha value is -0.970. The fourth-order valence-electron chi connectivity index (χ4n) is 1.78. The number of hydrogen-bond acceptors (Lipinski definition) is 3. The second-order valence-electron chi connectivity index (χ2n) is 4.23. The summed E-state index contributed by atoms with van der Waals surface area (Å²) >= 11 is 0. The Labute approximate surface area is 102 Å². The van der Waals surface area contributed by atoms with Gasteiger partial charge in [-0.3, -0.25) is 4.90 Å². The highest BCUT2D eigenvalue weighted by molar-refractivity contribution is 5.26. The molecule has 17 heavy (non-hydrogen) atoms. The molecule has 0 saturated carbocycles. The second-order valence-corrected chi connectivity index (χ2v) is 4.23. The van der Waals surface area contributed by atoms with Gasteiger partial charge in [0.15, 0.2) is 0 Å². The van der Waals surface area contributed by atoms with Crippen LogP contribution in [0.1, 0.15) is 17.2 Å². The third kappa shape index (κ3) is 3.77. The van der Waals surface area contributed by atoms with E-state index in [-0.39, 0.29) is 11.9 Å². The molecule has 1 aromatic carbocycles.